The van der Waals surface area contributed by atoms with Gasteiger partial charge in [0.2, 0.25) is 0 Å². The minimum Gasteiger partial charge on any atom is -0.468 e. The molecule has 1 aromatic rings. The van der Waals surface area contributed by atoms with Crippen LogP contribution in [0.3, 0.4) is 0 Å². The van der Waals surface area contributed by atoms with Crippen LogP contribution in [-0.2, 0) is 6.54 Å². The first-order valence-electron chi connectivity index (χ1n) is 6.83. The summed E-state index contributed by atoms with van der Waals surface area (Å²) in [6.07, 6.45) is 4.06. The lowest BCUT2D eigenvalue weighted by Crippen LogP contribution is -2.61. The van der Waals surface area contributed by atoms with Crippen LogP contribution in [0.5, 0.6) is 0 Å². The predicted molar refractivity (Wildman–Crippen MR) is 74.6 cm³/mol. The lowest BCUT2D eigenvalue weighted by Gasteiger charge is -2.46. The average molecular weight is 250 g/mol. The first-order valence-corrected chi connectivity index (χ1v) is 6.83. The van der Waals surface area contributed by atoms with Gasteiger partial charge in [0, 0.05) is 17.1 Å². The molecule has 0 atom stereocenters. The van der Waals surface area contributed by atoms with Crippen LogP contribution in [0.2, 0.25) is 0 Å². The van der Waals surface area contributed by atoms with E-state index < -0.39 is 0 Å². The Kier molecular flexibility index (Phi) is 3.56. The van der Waals surface area contributed by atoms with Gasteiger partial charge in [-0.1, -0.05) is 0 Å². The normalized spacial score (nSPS) is 23.2. The Balaban J connectivity index is 1.95. The van der Waals surface area contributed by atoms with Crippen molar-refractivity contribution in [3.05, 3.63) is 23.7 Å². The third-order valence-corrected chi connectivity index (χ3v) is 3.71. The highest BCUT2D eigenvalue weighted by molar-refractivity contribution is 5.14. The fourth-order valence-corrected chi connectivity index (χ4v) is 3.29. The summed E-state index contributed by atoms with van der Waals surface area (Å²) in [6.45, 7) is 12.0. The molecule has 2 heterocycles. The van der Waals surface area contributed by atoms with E-state index in [1.807, 2.05) is 6.07 Å². The molecule has 1 aliphatic rings. The van der Waals surface area contributed by atoms with Crippen LogP contribution in [0, 0.1) is 6.92 Å². The third kappa shape index (κ3) is 3.36. The number of piperidine rings is 1. The predicted octanol–water partition coefficient (Wildman–Crippen LogP) is 2.99. The van der Waals surface area contributed by atoms with Gasteiger partial charge in [0.15, 0.2) is 0 Å². The Morgan fingerprint density at radius 2 is 1.89 bits per heavy atom. The number of furan rings is 1. The van der Waals surface area contributed by atoms with Gasteiger partial charge in [0.25, 0.3) is 0 Å². The molecule has 3 heteroatoms. The fraction of sp³-hybridized carbons (Fsp3) is 0.733. The quantitative estimate of drug-likeness (QED) is 0.866. The van der Waals surface area contributed by atoms with Gasteiger partial charge in [0.1, 0.15) is 5.76 Å². The van der Waals surface area contributed by atoms with Crippen LogP contribution in [0.25, 0.3) is 0 Å². The van der Waals surface area contributed by atoms with Crippen molar-refractivity contribution in [3.63, 3.8) is 0 Å². The van der Waals surface area contributed by atoms with Crippen molar-refractivity contribution in [2.45, 2.75) is 71.1 Å². The van der Waals surface area contributed by atoms with Crippen molar-refractivity contribution in [2.75, 3.05) is 0 Å². The topological polar surface area (TPSA) is 37.2 Å². The van der Waals surface area contributed by atoms with Crippen LogP contribution in [0.4, 0.5) is 0 Å². The molecule has 1 aromatic heterocycles. The second kappa shape index (κ2) is 4.71. The van der Waals surface area contributed by atoms with E-state index in [0.717, 1.165) is 25.1 Å². The lowest BCUT2D eigenvalue weighted by molar-refractivity contribution is 0.144. The van der Waals surface area contributed by atoms with E-state index >= 15 is 0 Å². The zero-order chi connectivity index (χ0) is 13.4. The molecule has 102 valence electrons. The Morgan fingerprint density at radius 3 is 2.39 bits per heavy atom. The van der Waals surface area contributed by atoms with Crippen molar-refractivity contribution in [2.24, 2.45) is 0 Å². The molecule has 2 N–H and O–H groups in total. The minimum absolute atomic E-state index is 0.192. The molecule has 18 heavy (non-hydrogen) atoms. The Hall–Kier alpha value is -0.800. The maximum absolute atomic E-state index is 5.48. The van der Waals surface area contributed by atoms with Gasteiger partial charge in [-0.3, -0.25) is 0 Å². The van der Waals surface area contributed by atoms with Gasteiger partial charge in [-0.05, 0) is 59.1 Å². The molecule has 0 spiro atoms. The molecule has 0 bridgehead atoms. The van der Waals surface area contributed by atoms with Gasteiger partial charge >= 0.3 is 0 Å². The molecule has 2 rings (SSSR count). The molecule has 0 radical (unpaired) electrons. The number of nitrogens with one attached hydrogen (secondary N) is 2. The summed E-state index contributed by atoms with van der Waals surface area (Å²) in [6, 6.07) is 2.56. The molecule has 1 saturated heterocycles. The smallest absolute Gasteiger partial charge is 0.120 e. The van der Waals surface area contributed by atoms with Crippen molar-refractivity contribution in [1.82, 2.24) is 10.6 Å². The van der Waals surface area contributed by atoms with Gasteiger partial charge < -0.3 is 15.1 Å². The van der Waals surface area contributed by atoms with Crippen LogP contribution in [-0.4, -0.2) is 17.1 Å². The highest BCUT2D eigenvalue weighted by Crippen LogP contribution is 2.28. The fourth-order valence-electron chi connectivity index (χ4n) is 3.29. The van der Waals surface area contributed by atoms with E-state index in [9.17, 15) is 0 Å². The maximum Gasteiger partial charge on any atom is 0.120 e. The second-order valence-corrected chi connectivity index (χ2v) is 6.91. The third-order valence-electron chi connectivity index (χ3n) is 3.71. The summed E-state index contributed by atoms with van der Waals surface area (Å²) in [5.41, 5.74) is 1.62. The van der Waals surface area contributed by atoms with Crippen molar-refractivity contribution in [3.8, 4) is 0 Å². The number of rotatable bonds is 3. The molecule has 0 aromatic carbocycles. The summed E-state index contributed by atoms with van der Waals surface area (Å²) in [7, 11) is 0. The van der Waals surface area contributed by atoms with E-state index in [4.69, 9.17) is 4.42 Å². The van der Waals surface area contributed by atoms with Gasteiger partial charge in [-0.2, -0.15) is 0 Å². The van der Waals surface area contributed by atoms with Gasteiger partial charge in [-0.25, -0.2) is 0 Å². The zero-order valence-electron chi connectivity index (χ0n) is 12.3. The van der Waals surface area contributed by atoms with Gasteiger partial charge in [0.05, 0.1) is 12.8 Å². The van der Waals surface area contributed by atoms with Crippen LogP contribution >= 0.6 is 0 Å². The summed E-state index contributed by atoms with van der Waals surface area (Å²) < 4.78 is 5.48. The zero-order valence-corrected chi connectivity index (χ0v) is 12.3. The highest BCUT2D eigenvalue weighted by Gasteiger charge is 2.37. The van der Waals surface area contributed by atoms with Crippen molar-refractivity contribution in [1.29, 1.82) is 0 Å². The maximum atomic E-state index is 5.48. The van der Waals surface area contributed by atoms with Crippen molar-refractivity contribution >= 4 is 0 Å². The Labute approximate surface area is 110 Å². The molecule has 1 aliphatic heterocycles. The summed E-state index contributed by atoms with van der Waals surface area (Å²) >= 11 is 0. The molecule has 3 nitrogen and oxygen atoms in total. The first-order chi connectivity index (χ1) is 8.27. The van der Waals surface area contributed by atoms with Gasteiger partial charge in [-0.15, -0.1) is 0 Å². The number of aryl methyl sites for hydroxylation is 1. The average Bonchev–Trinajstić information content (AvgIpc) is 2.56. The van der Waals surface area contributed by atoms with E-state index in [2.05, 4.69) is 45.3 Å². The first kappa shape index (κ1) is 13.6. The summed E-state index contributed by atoms with van der Waals surface area (Å²) in [4.78, 5) is 0. The highest BCUT2D eigenvalue weighted by atomic mass is 16.3. The summed E-state index contributed by atoms with van der Waals surface area (Å²) in [5.74, 6) is 1.06. The monoisotopic (exact) mass is 250 g/mol. The Bertz CT molecular complexity index is 390. The van der Waals surface area contributed by atoms with Crippen LogP contribution < -0.4 is 10.6 Å². The number of hydrogen-bond acceptors (Lipinski definition) is 3. The number of hydrogen-bond donors (Lipinski definition) is 2. The van der Waals surface area contributed by atoms with Crippen LogP contribution in [0.15, 0.2) is 16.7 Å². The molecular weight excluding hydrogens is 224 g/mol. The second-order valence-electron chi connectivity index (χ2n) is 6.91. The minimum atomic E-state index is 0.192. The molecule has 0 amide bonds. The van der Waals surface area contributed by atoms with Crippen molar-refractivity contribution < 1.29 is 4.42 Å². The SMILES string of the molecule is Cc1ccoc1CNC1CC(C)(C)NC(C)(C)C1. The molecule has 0 saturated carbocycles. The standard InChI is InChI=1S/C15H26N2O/c1-11-6-7-18-13(11)10-16-12-8-14(2,3)17-15(4,5)9-12/h6-7,12,16-17H,8-10H2,1-5H3. The van der Waals surface area contributed by atoms with Crippen LogP contribution in [0.1, 0.15) is 51.9 Å². The largest absolute Gasteiger partial charge is 0.468 e. The summed E-state index contributed by atoms with van der Waals surface area (Å²) in [5, 5.41) is 7.35. The lowest BCUT2D eigenvalue weighted by atomic mass is 9.79. The molecule has 0 unspecified atom stereocenters. The molecule has 0 aliphatic carbocycles. The molecule has 1 fully saturated rings. The van der Waals surface area contributed by atoms with E-state index in [0.29, 0.717) is 6.04 Å². The van der Waals surface area contributed by atoms with E-state index in [1.54, 1.807) is 6.26 Å². The molecular formula is C15H26N2O. The van der Waals surface area contributed by atoms with E-state index in [1.165, 1.54) is 5.56 Å². The van der Waals surface area contributed by atoms with E-state index in [-0.39, 0.29) is 11.1 Å². The Morgan fingerprint density at radius 1 is 1.28 bits per heavy atom.